The molecule has 2 fully saturated rings. The molecule has 11 nitrogen and oxygen atoms in total. The minimum absolute atomic E-state index is 0.00741. The lowest BCUT2D eigenvalue weighted by molar-refractivity contribution is -0.118. The summed E-state index contributed by atoms with van der Waals surface area (Å²) >= 11 is 0. The number of hydrogen-bond donors (Lipinski definition) is 2. The quantitative estimate of drug-likeness (QED) is 0.536. The van der Waals surface area contributed by atoms with Gasteiger partial charge < -0.3 is 29.7 Å². The third-order valence-corrected chi connectivity index (χ3v) is 6.69. The number of cyclic esters (lactones) is 1. The Hall–Kier alpha value is -4.12. The van der Waals surface area contributed by atoms with E-state index in [1.165, 1.54) is 0 Å². The predicted octanol–water partition coefficient (Wildman–Crippen LogP) is 2.16. The average Bonchev–Trinajstić information content (AvgIpc) is 3.52. The molecule has 6 rings (SSSR count). The maximum atomic E-state index is 12.6. The summed E-state index contributed by atoms with van der Waals surface area (Å²) in [5.41, 5.74) is 3.90. The van der Waals surface area contributed by atoms with Crippen molar-refractivity contribution in [1.82, 2.24) is 15.3 Å². The molecule has 186 valence electrons. The van der Waals surface area contributed by atoms with Gasteiger partial charge in [-0.25, -0.2) is 9.78 Å². The molecule has 1 aromatic carbocycles. The number of nitrogens with zero attached hydrogens (tertiary/aromatic N) is 4. The highest BCUT2D eigenvalue weighted by Crippen LogP contribution is 2.33. The van der Waals surface area contributed by atoms with Gasteiger partial charge in [-0.2, -0.15) is 0 Å². The molecule has 3 aromatic rings. The second kappa shape index (κ2) is 9.15. The molecule has 2 saturated heterocycles. The molecule has 11 heteroatoms. The van der Waals surface area contributed by atoms with Crippen molar-refractivity contribution in [3.63, 3.8) is 0 Å². The van der Waals surface area contributed by atoms with Crippen molar-refractivity contribution in [3.05, 3.63) is 42.6 Å². The fraction of sp³-hybridized carbons (Fsp3) is 0.360. The highest BCUT2D eigenvalue weighted by molar-refractivity contribution is 5.97. The molecule has 36 heavy (non-hydrogen) atoms. The lowest BCUT2D eigenvalue weighted by Gasteiger charge is -2.21. The zero-order valence-electron chi connectivity index (χ0n) is 19.8. The van der Waals surface area contributed by atoms with E-state index in [-0.39, 0.29) is 24.7 Å². The van der Waals surface area contributed by atoms with Crippen LogP contribution in [-0.2, 0) is 9.53 Å². The topological polar surface area (TPSA) is 118 Å². The number of benzene rings is 1. The van der Waals surface area contributed by atoms with Crippen LogP contribution in [0.15, 0.2) is 42.6 Å². The van der Waals surface area contributed by atoms with Gasteiger partial charge in [-0.15, -0.1) is 0 Å². The number of carbonyl (C=O) groups is 2. The van der Waals surface area contributed by atoms with E-state index in [0.717, 1.165) is 36.2 Å². The maximum Gasteiger partial charge on any atom is 0.414 e. The standard InChI is InChI=1S/C25H26N6O5/c1-34-23-5-3-18-24(29-23)20(6-8-26-18)30-9-7-15(12-30)27-11-17-13-31(25(33)36-17)16-2-4-21-19(10-16)28-22(32)14-35-21/h2-6,8,10,15,17,27H,7,9,11-14H2,1H3,(H,28,32). The molecule has 0 spiro atoms. The summed E-state index contributed by atoms with van der Waals surface area (Å²) in [5, 5.41) is 6.33. The number of rotatable bonds is 6. The van der Waals surface area contributed by atoms with Gasteiger partial charge in [0.1, 0.15) is 17.4 Å². The van der Waals surface area contributed by atoms with Gasteiger partial charge in [-0.3, -0.25) is 14.7 Å². The molecule has 0 radical (unpaired) electrons. The van der Waals surface area contributed by atoms with Crippen molar-refractivity contribution in [2.75, 3.05) is 55.0 Å². The summed E-state index contributed by atoms with van der Waals surface area (Å²) in [6, 6.07) is 11.3. The zero-order chi connectivity index (χ0) is 24.6. The third kappa shape index (κ3) is 4.22. The van der Waals surface area contributed by atoms with Crippen molar-refractivity contribution in [2.45, 2.75) is 18.6 Å². The van der Waals surface area contributed by atoms with Gasteiger partial charge in [0.2, 0.25) is 5.88 Å². The molecule has 2 unspecified atom stereocenters. The number of pyridine rings is 2. The number of amides is 2. The first-order valence-electron chi connectivity index (χ1n) is 11.9. The van der Waals surface area contributed by atoms with Gasteiger partial charge in [0, 0.05) is 43.6 Å². The Kier molecular flexibility index (Phi) is 5.68. The van der Waals surface area contributed by atoms with E-state index < -0.39 is 6.09 Å². The summed E-state index contributed by atoms with van der Waals surface area (Å²) in [4.78, 5) is 37.1. The molecule has 5 heterocycles. The molecule has 3 aliphatic rings. The van der Waals surface area contributed by atoms with Crippen LogP contribution in [0.2, 0.25) is 0 Å². The third-order valence-electron chi connectivity index (χ3n) is 6.69. The number of fused-ring (bicyclic) bond motifs is 2. The van der Waals surface area contributed by atoms with E-state index >= 15 is 0 Å². The minimum atomic E-state index is -0.402. The molecule has 0 bridgehead atoms. The Bertz CT molecular complexity index is 1330. The number of anilines is 3. The minimum Gasteiger partial charge on any atom is -0.482 e. The fourth-order valence-electron chi connectivity index (χ4n) is 4.88. The number of methoxy groups -OCH3 is 1. The van der Waals surface area contributed by atoms with Crippen LogP contribution in [0.1, 0.15) is 6.42 Å². The molecule has 0 saturated carbocycles. The van der Waals surface area contributed by atoms with Crippen LogP contribution in [0.3, 0.4) is 0 Å². The first kappa shape index (κ1) is 22.4. The Labute approximate surface area is 207 Å². The van der Waals surface area contributed by atoms with E-state index in [9.17, 15) is 9.59 Å². The number of aromatic nitrogens is 2. The van der Waals surface area contributed by atoms with E-state index in [2.05, 4.69) is 25.5 Å². The Balaban J connectivity index is 1.07. The maximum absolute atomic E-state index is 12.6. The van der Waals surface area contributed by atoms with E-state index in [0.29, 0.717) is 36.1 Å². The smallest absolute Gasteiger partial charge is 0.414 e. The summed E-state index contributed by atoms with van der Waals surface area (Å²) in [7, 11) is 1.61. The molecule has 3 aliphatic heterocycles. The van der Waals surface area contributed by atoms with Gasteiger partial charge in [-0.05, 0) is 36.8 Å². The lowest BCUT2D eigenvalue weighted by atomic mass is 10.2. The Morgan fingerprint density at radius 2 is 2.11 bits per heavy atom. The van der Waals surface area contributed by atoms with Crippen molar-refractivity contribution < 1.29 is 23.8 Å². The highest BCUT2D eigenvalue weighted by atomic mass is 16.6. The van der Waals surface area contributed by atoms with Gasteiger partial charge in [0.05, 0.1) is 30.5 Å². The molecular formula is C25H26N6O5. The molecule has 2 atom stereocenters. The Morgan fingerprint density at radius 3 is 3.00 bits per heavy atom. The van der Waals surface area contributed by atoms with E-state index in [1.807, 2.05) is 18.2 Å². The summed E-state index contributed by atoms with van der Waals surface area (Å²) < 4.78 is 16.3. The Morgan fingerprint density at radius 1 is 1.19 bits per heavy atom. The summed E-state index contributed by atoms with van der Waals surface area (Å²) in [5.74, 6) is 0.934. The largest absolute Gasteiger partial charge is 0.482 e. The van der Waals surface area contributed by atoms with Crippen LogP contribution >= 0.6 is 0 Å². The molecule has 2 N–H and O–H groups in total. The lowest BCUT2D eigenvalue weighted by Crippen LogP contribution is -2.39. The molecular weight excluding hydrogens is 464 g/mol. The predicted molar refractivity (Wildman–Crippen MR) is 133 cm³/mol. The van der Waals surface area contributed by atoms with Gasteiger partial charge >= 0.3 is 6.09 Å². The number of hydrogen-bond acceptors (Lipinski definition) is 9. The molecule has 0 aliphatic carbocycles. The van der Waals surface area contributed by atoms with Crippen LogP contribution < -0.4 is 29.9 Å². The van der Waals surface area contributed by atoms with E-state index in [4.69, 9.17) is 14.2 Å². The highest BCUT2D eigenvalue weighted by Gasteiger charge is 2.34. The normalized spacial score (nSPS) is 21.2. The SMILES string of the molecule is COc1ccc2nccc(N3CCC(NCC4CN(c5ccc6c(c5)NC(=O)CO6)C(=O)O4)C3)c2n1. The molecule has 2 amide bonds. The van der Waals surface area contributed by atoms with Crippen LogP contribution in [0.5, 0.6) is 11.6 Å². The number of ether oxygens (including phenoxy) is 3. The van der Waals surface area contributed by atoms with Crippen molar-refractivity contribution in [1.29, 1.82) is 0 Å². The molecule has 2 aromatic heterocycles. The first-order valence-corrected chi connectivity index (χ1v) is 11.9. The van der Waals surface area contributed by atoms with Crippen molar-refractivity contribution >= 4 is 40.1 Å². The van der Waals surface area contributed by atoms with E-state index in [1.54, 1.807) is 36.4 Å². The summed E-state index contributed by atoms with van der Waals surface area (Å²) in [6.07, 6.45) is 2.09. The van der Waals surface area contributed by atoms with Crippen molar-refractivity contribution in [3.8, 4) is 11.6 Å². The first-order chi connectivity index (χ1) is 17.6. The van der Waals surface area contributed by atoms with Gasteiger partial charge in [0.25, 0.3) is 5.91 Å². The monoisotopic (exact) mass is 490 g/mol. The fourth-order valence-corrected chi connectivity index (χ4v) is 4.88. The number of carbonyl (C=O) groups excluding carboxylic acids is 2. The van der Waals surface area contributed by atoms with Crippen LogP contribution in [0, 0.1) is 0 Å². The van der Waals surface area contributed by atoms with Crippen LogP contribution in [0.25, 0.3) is 11.0 Å². The van der Waals surface area contributed by atoms with Crippen LogP contribution in [0.4, 0.5) is 21.9 Å². The van der Waals surface area contributed by atoms with Gasteiger partial charge in [0.15, 0.2) is 6.61 Å². The van der Waals surface area contributed by atoms with Gasteiger partial charge in [-0.1, -0.05) is 0 Å². The average molecular weight is 491 g/mol. The second-order valence-corrected chi connectivity index (χ2v) is 9.02. The van der Waals surface area contributed by atoms with Crippen molar-refractivity contribution in [2.24, 2.45) is 0 Å². The number of nitrogens with one attached hydrogen (secondary N) is 2. The zero-order valence-corrected chi connectivity index (χ0v) is 19.8. The second-order valence-electron chi connectivity index (χ2n) is 9.02. The summed E-state index contributed by atoms with van der Waals surface area (Å²) in [6.45, 7) is 2.66. The van der Waals surface area contributed by atoms with Crippen LogP contribution in [-0.4, -0.2) is 74.0 Å².